The predicted octanol–water partition coefficient (Wildman–Crippen LogP) is 1.20. The van der Waals surface area contributed by atoms with E-state index in [1.165, 1.54) is 6.07 Å². The van der Waals surface area contributed by atoms with Gasteiger partial charge in [-0.2, -0.15) is 0 Å². The fourth-order valence-electron chi connectivity index (χ4n) is 1.26. The van der Waals surface area contributed by atoms with E-state index < -0.39 is 11.6 Å². The van der Waals surface area contributed by atoms with Crippen LogP contribution in [0.4, 0.5) is 8.78 Å². The molecule has 6 heteroatoms. The van der Waals surface area contributed by atoms with Crippen molar-refractivity contribution in [3.63, 3.8) is 0 Å². The third kappa shape index (κ3) is 5.09. The topological polar surface area (TPSA) is 64.3 Å². The summed E-state index contributed by atoms with van der Waals surface area (Å²) in [7, 11) is 0. The Kier molecular flexibility index (Phi) is 6.07. The lowest BCUT2D eigenvalue weighted by Gasteiger charge is -2.07. The summed E-state index contributed by atoms with van der Waals surface area (Å²) in [5.41, 5.74) is 5.27. The molecule has 1 aromatic rings. The molecule has 4 nitrogen and oxygen atoms in total. The number of carbonyl (C=O) groups excluding carboxylic acids is 1. The molecule has 0 aliphatic rings. The standard InChI is InChI=1S/C12H16F2N2O2/c13-9-2-3-11(10(14)8-9)18-7-4-12(17)16-6-1-5-15/h2-3,8H,1,4-7,15H2,(H,16,17). The van der Waals surface area contributed by atoms with Crippen LogP contribution in [0, 0.1) is 11.6 Å². The van der Waals surface area contributed by atoms with Crippen molar-refractivity contribution in [3.05, 3.63) is 29.8 Å². The van der Waals surface area contributed by atoms with Gasteiger partial charge in [0, 0.05) is 12.6 Å². The summed E-state index contributed by atoms with van der Waals surface area (Å²) < 4.78 is 30.8. The Hall–Kier alpha value is -1.69. The van der Waals surface area contributed by atoms with Crippen LogP contribution in [0.5, 0.6) is 5.75 Å². The van der Waals surface area contributed by atoms with Gasteiger partial charge in [0.15, 0.2) is 11.6 Å². The number of hydrogen-bond acceptors (Lipinski definition) is 3. The number of ether oxygens (including phenoxy) is 1. The lowest BCUT2D eigenvalue weighted by Crippen LogP contribution is -2.27. The second-order valence-electron chi connectivity index (χ2n) is 3.67. The smallest absolute Gasteiger partial charge is 0.223 e. The molecule has 0 saturated carbocycles. The zero-order valence-corrected chi connectivity index (χ0v) is 9.92. The monoisotopic (exact) mass is 258 g/mol. The van der Waals surface area contributed by atoms with Crippen LogP contribution >= 0.6 is 0 Å². The van der Waals surface area contributed by atoms with Crippen LogP contribution in [0.25, 0.3) is 0 Å². The second kappa shape index (κ2) is 7.60. The molecule has 3 N–H and O–H groups in total. The molecule has 1 amide bonds. The third-order valence-corrected chi connectivity index (χ3v) is 2.18. The van der Waals surface area contributed by atoms with Crippen LogP contribution in [0.3, 0.4) is 0 Å². The SMILES string of the molecule is NCCCNC(=O)CCOc1ccc(F)cc1F. The maximum Gasteiger partial charge on any atom is 0.223 e. The van der Waals surface area contributed by atoms with Gasteiger partial charge in [-0.1, -0.05) is 0 Å². The lowest BCUT2D eigenvalue weighted by molar-refractivity contribution is -0.121. The molecule has 0 aromatic heterocycles. The highest BCUT2D eigenvalue weighted by molar-refractivity contribution is 5.75. The Bertz CT molecular complexity index is 400. The van der Waals surface area contributed by atoms with E-state index in [-0.39, 0.29) is 24.7 Å². The number of nitrogens with one attached hydrogen (secondary N) is 1. The first-order chi connectivity index (χ1) is 8.63. The van der Waals surface area contributed by atoms with Crippen molar-refractivity contribution in [1.29, 1.82) is 0 Å². The van der Waals surface area contributed by atoms with Gasteiger partial charge in [-0.15, -0.1) is 0 Å². The highest BCUT2D eigenvalue weighted by Crippen LogP contribution is 2.17. The minimum atomic E-state index is -0.779. The van der Waals surface area contributed by atoms with Crippen LogP contribution < -0.4 is 15.8 Å². The molecule has 0 radical (unpaired) electrons. The van der Waals surface area contributed by atoms with E-state index >= 15 is 0 Å². The zero-order chi connectivity index (χ0) is 13.4. The second-order valence-corrected chi connectivity index (χ2v) is 3.67. The van der Waals surface area contributed by atoms with Crippen molar-refractivity contribution in [2.45, 2.75) is 12.8 Å². The highest BCUT2D eigenvalue weighted by Gasteiger charge is 2.06. The van der Waals surface area contributed by atoms with Gasteiger partial charge >= 0.3 is 0 Å². The van der Waals surface area contributed by atoms with Gasteiger partial charge in [0.05, 0.1) is 13.0 Å². The number of benzene rings is 1. The van der Waals surface area contributed by atoms with Crippen LogP contribution in [0.15, 0.2) is 18.2 Å². The van der Waals surface area contributed by atoms with Crippen molar-refractivity contribution >= 4 is 5.91 Å². The number of amides is 1. The third-order valence-electron chi connectivity index (χ3n) is 2.18. The Balaban J connectivity index is 2.26. The van der Waals surface area contributed by atoms with E-state index in [0.717, 1.165) is 12.1 Å². The molecule has 0 aliphatic carbocycles. The molecule has 1 rings (SSSR count). The molecular weight excluding hydrogens is 242 g/mol. The number of hydrogen-bond donors (Lipinski definition) is 2. The predicted molar refractivity (Wildman–Crippen MR) is 63.2 cm³/mol. The molecule has 0 heterocycles. The number of rotatable bonds is 7. The fourth-order valence-corrected chi connectivity index (χ4v) is 1.26. The lowest BCUT2D eigenvalue weighted by atomic mass is 10.3. The van der Waals surface area contributed by atoms with Gasteiger partial charge in [-0.05, 0) is 25.1 Å². The summed E-state index contributed by atoms with van der Waals surface area (Å²) >= 11 is 0. The largest absolute Gasteiger partial charge is 0.490 e. The average Bonchev–Trinajstić information content (AvgIpc) is 2.32. The van der Waals surface area contributed by atoms with Crippen molar-refractivity contribution in [2.75, 3.05) is 19.7 Å². The Morgan fingerprint density at radius 2 is 2.17 bits per heavy atom. The fraction of sp³-hybridized carbons (Fsp3) is 0.417. The van der Waals surface area contributed by atoms with Crippen LogP contribution in [-0.2, 0) is 4.79 Å². The highest BCUT2D eigenvalue weighted by atomic mass is 19.1. The van der Waals surface area contributed by atoms with E-state index in [1.54, 1.807) is 0 Å². The quantitative estimate of drug-likeness (QED) is 0.722. The van der Waals surface area contributed by atoms with E-state index in [0.29, 0.717) is 19.5 Å². The van der Waals surface area contributed by atoms with Gasteiger partial charge < -0.3 is 15.8 Å². The number of halogens is 2. The summed E-state index contributed by atoms with van der Waals surface area (Å²) in [6, 6.07) is 3.02. The Morgan fingerprint density at radius 1 is 1.39 bits per heavy atom. The normalized spacial score (nSPS) is 10.2. The maximum atomic E-state index is 13.1. The first-order valence-corrected chi connectivity index (χ1v) is 5.68. The van der Waals surface area contributed by atoms with E-state index in [4.69, 9.17) is 10.5 Å². The molecular formula is C12H16F2N2O2. The van der Waals surface area contributed by atoms with Gasteiger partial charge in [-0.25, -0.2) is 8.78 Å². The van der Waals surface area contributed by atoms with Crippen LogP contribution in [-0.4, -0.2) is 25.6 Å². The van der Waals surface area contributed by atoms with Crippen molar-refractivity contribution in [1.82, 2.24) is 5.32 Å². The minimum Gasteiger partial charge on any atom is -0.490 e. The summed E-state index contributed by atoms with van der Waals surface area (Å²) in [6.45, 7) is 1.06. The summed E-state index contributed by atoms with van der Waals surface area (Å²) in [5.74, 6) is -1.70. The summed E-state index contributed by atoms with van der Waals surface area (Å²) in [6.07, 6.45) is 0.820. The van der Waals surface area contributed by atoms with Crippen molar-refractivity contribution in [2.24, 2.45) is 5.73 Å². The maximum absolute atomic E-state index is 13.1. The molecule has 0 spiro atoms. The molecule has 0 fully saturated rings. The van der Waals surface area contributed by atoms with Crippen molar-refractivity contribution < 1.29 is 18.3 Å². The van der Waals surface area contributed by atoms with E-state index in [1.807, 2.05) is 0 Å². The molecule has 0 aliphatic heterocycles. The number of carbonyl (C=O) groups is 1. The summed E-state index contributed by atoms with van der Waals surface area (Å²) in [5, 5.41) is 2.64. The van der Waals surface area contributed by atoms with Gasteiger partial charge in [0.1, 0.15) is 5.82 Å². The van der Waals surface area contributed by atoms with Crippen LogP contribution in [0.1, 0.15) is 12.8 Å². The van der Waals surface area contributed by atoms with Gasteiger partial charge in [0.2, 0.25) is 5.91 Å². The summed E-state index contributed by atoms with van der Waals surface area (Å²) in [4.78, 5) is 11.3. The first-order valence-electron chi connectivity index (χ1n) is 5.68. The molecule has 18 heavy (non-hydrogen) atoms. The van der Waals surface area contributed by atoms with E-state index in [2.05, 4.69) is 5.32 Å². The molecule has 0 atom stereocenters. The molecule has 1 aromatic carbocycles. The molecule has 0 bridgehead atoms. The zero-order valence-electron chi connectivity index (χ0n) is 9.92. The Morgan fingerprint density at radius 3 is 2.83 bits per heavy atom. The first kappa shape index (κ1) is 14.4. The van der Waals surface area contributed by atoms with E-state index in [9.17, 15) is 13.6 Å². The minimum absolute atomic E-state index is 0.0387. The number of nitrogens with two attached hydrogens (primary N) is 1. The van der Waals surface area contributed by atoms with Gasteiger partial charge in [0.25, 0.3) is 0 Å². The molecule has 100 valence electrons. The van der Waals surface area contributed by atoms with Crippen LogP contribution in [0.2, 0.25) is 0 Å². The molecule has 0 saturated heterocycles. The Labute approximate surface area is 104 Å². The van der Waals surface area contributed by atoms with Gasteiger partial charge in [-0.3, -0.25) is 4.79 Å². The van der Waals surface area contributed by atoms with Crippen molar-refractivity contribution in [3.8, 4) is 5.75 Å². The average molecular weight is 258 g/mol. The molecule has 0 unspecified atom stereocenters.